The summed E-state index contributed by atoms with van der Waals surface area (Å²) < 4.78 is 79.3. The second-order valence-electron chi connectivity index (χ2n) is 5.61. The van der Waals surface area contributed by atoms with Gasteiger partial charge in [-0.25, -0.2) is 22.3 Å². The van der Waals surface area contributed by atoms with Crippen LogP contribution < -0.4 is 4.72 Å². The first-order valence-corrected chi connectivity index (χ1v) is 8.62. The van der Waals surface area contributed by atoms with Gasteiger partial charge in [-0.2, -0.15) is 13.2 Å². The average Bonchev–Trinajstić information content (AvgIpc) is 2.45. The second-order valence-corrected chi connectivity index (χ2v) is 7.29. The number of sulfonamides is 1. The lowest BCUT2D eigenvalue weighted by molar-refractivity contribution is -0.187. The third-order valence-electron chi connectivity index (χ3n) is 3.96. The zero-order valence-electron chi connectivity index (χ0n) is 12.3. The average molecular weight is 369 g/mol. The number of halogens is 4. The van der Waals surface area contributed by atoms with Crippen LogP contribution in [0.5, 0.6) is 0 Å². The highest BCUT2D eigenvalue weighted by atomic mass is 32.2. The number of hydrogen-bond donors (Lipinski definition) is 2. The maximum absolute atomic E-state index is 13.9. The quantitative estimate of drug-likeness (QED) is 0.800. The molecule has 0 saturated heterocycles. The molecule has 24 heavy (non-hydrogen) atoms. The summed E-state index contributed by atoms with van der Waals surface area (Å²) in [5, 5.41) is 8.73. The molecule has 1 aromatic carbocycles. The number of carbonyl (C=O) groups is 1. The Hall–Kier alpha value is -1.68. The summed E-state index contributed by atoms with van der Waals surface area (Å²) in [5.74, 6) is -4.61. The number of carboxylic acids is 1. The highest BCUT2D eigenvalue weighted by Crippen LogP contribution is 2.38. The van der Waals surface area contributed by atoms with Crippen LogP contribution in [0.1, 0.15) is 36.0 Å². The van der Waals surface area contributed by atoms with Gasteiger partial charge in [0.15, 0.2) is 0 Å². The van der Waals surface area contributed by atoms with E-state index in [1.807, 2.05) is 4.72 Å². The van der Waals surface area contributed by atoms with E-state index in [1.165, 1.54) is 0 Å². The van der Waals surface area contributed by atoms with Crippen molar-refractivity contribution in [1.29, 1.82) is 0 Å². The van der Waals surface area contributed by atoms with Gasteiger partial charge in [0.1, 0.15) is 10.7 Å². The van der Waals surface area contributed by atoms with Gasteiger partial charge in [0.05, 0.1) is 11.5 Å². The molecule has 2 rings (SSSR count). The summed E-state index contributed by atoms with van der Waals surface area (Å²) in [7, 11) is -4.54. The molecule has 134 valence electrons. The molecule has 2 unspecified atom stereocenters. The normalized spacial score (nSPS) is 22.3. The van der Waals surface area contributed by atoms with Crippen molar-refractivity contribution in [3.05, 3.63) is 29.6 Å². The Kier molecular flexibility index (Phi) is 5.19. The van der Waals surface area contributed by atoms with Crippen molar-refractivity contribution in [3.8, 4) is 0 Å². The van der Waals surface area contributed by atoms with E-state index in [0.29, 0.717) is 18.9 Å². The van der Waals surface area contributed by atoms with E-state index in [1.54, 1.807) is 0 Å². The van der Waals surface area contributed by atoms with Crippen molar-refractivity contribution in [2.45, 2.75) is 42.8 Å². The van der Waals surface area contributed by atoms with Crippen LogP contribution in [-0.2, 0) is 10.0 Å². The van der Waals surface area contributed by atoms with E-state index in [-0.39, 0.29) is 12.8 Å². The minimum Gasteiger partial charge on any atom is -0.478 e. The van der Waals surface area contributed by atoms with Gasteiger partial charge in [-0.05, 0) is 31.0 Å². The molecule has 1 aliphatic rings. The smallest absolute Gasteiger partial charge is 0.393 e. The molecule has 1 fully saturated rings. The molecular weight excluding hydrogens is 354 g/mol. The molecule has 2 atom stereocenters. The van der Waals surface area contributed by atoms with Gasteiger partial charge in [0, 0.05) is 6.04 Å². The van der Waals surface area contributed by atoms with Crippen molar-refractivity contribution in [1.82, 2.24) is 4.72 Å². The van der Waals surface area contributed by atoms with Crippen molar-refractivity contribution in [2.24, 2.45) is 5.92 Å². The molecular formula is C14H15F4NO4S. The highest BCUT2D eigenvalue weighted by Gasteiger charge is 2.46. The Labute approximate surface area is 135 Å². The molecule has 0 bridgehead atoms. The number of alkyl halides is 3. The van der Waals surface area contributed by atoms with Crippen LogP contribution >= 0.6 is 0 Å². The Morgan fingerprint density at radius 2 is 1.83 bits per heavy atom. The molecule has 0 radical (unpaired) electrons. The van der Waals surface area contributed by atoms with E-state index in [2.05, 4.69) is 0 Å². The number of carboxylic acid groups (broad SMARTS) is 1. The van der Waals surface area contributed by atoms with E-state index in [4.69, 9.17) is 5.11 Å². The lowest BCUT2D eigenvalue weighted by Crippen LogP contribution is -2.47. The Morgan fingerprint density at radius 1 is 1.21 bits per heavy atom. The second kappa shape index (κ2) is 6.67. The van der Waals surface area contributed by atoms with Crippen LogP contribution in [0, 0.1) is 11.7 Å². The van der Waals surface area contributed by atoms with Gasteiger partial charge in [-0.3, -0.25) is 0 Å². The fraction of sp³-hybridized carbons (Fsp3) is 0.500. The summed E-state index contributed by atoms with van der Waals surface area (Å²) >= 11 is 0. The zero-order chi connectivity index (χ0) is 18.1. The highest BCUT2D eigenvalue weighted by molar-refractivity contribution is 7.89. The molecule has 0 heterocycles. The van der Waals surface area contributed by atoms with Crippen LogP contribution in [0.4, 0.5) is 17.6 Å². The first-order chi connectivity index (χ1) is 11.0. The van der Waals surface area contributed by atoms with Crippen LogP contribution in [0.2, 0.25) is 0 Å². The number of hydrogen-bond acceptors (Lipinski definition) is 3. The Morgan fingerprint density at radius 3 is 2.38 bits per heavy atom. The molecule has 0 amide bonds. The van der Waals surface area contributed by atoms with Crippen LogP contribution in [0.25, 0.3) is 0 Å². The summed E-state index contributed by atoms with van der Waals surface area (Å²) in [6.07, 6.45) is -3.99. The van der Waals surface area contributed by atoms with Crippen LogP contribution in [-0.4, -0.2) is 31.7 Å². The molecule has 2 N–H and O–H groups in total. The van der Waals surface area contributed by atoms with Crippen molar-refractivity contribution < 1.29 is 35.9 Å². The van der Waals surface area contributed by atoms with Gasteiger partial charge < -0.3 is 5.11 Å². The number of aromatic carboxylic acids is 1. The van der Waals surface area contributed by atoms with Crippen LogP contribution in [0.3, 0.4) is 0 Å². The van der Waals surface area contributed by atoms with E-state index in [9.17, 15) is 30.8 Å². The lowest BCUT2D eigenvalue weighted by Gasteiger charge is -2.33. The maximum Gasteiger partial charge on any atom is 0.393 e. The van der Waals surface area contributed by atoms with E-state index in [0.717, 1.165) is 12.1 Å². The topological polar surface area (TPSA) is 83.5 Å². The summed E-state index contributed by atoms with van der Waals surface area (Å²) in [4.78, 5) is 9.85. The van der Waals surface area contributed by atoms with Crippen molar-refractivity contribution in [3.63, 3.8) is 0 Å². The molecule has 1 aliphatic carbocycles. The Bertz CT molecular complexity index is 733. The minimum absolute atomic E-state index is 0.00175. The first kappa shape index (κ1) is 18.7. The predicted molar refractivity (Wildman–Crippen MR) is 75.5 cm³/mol. The van der Waals surface area contributed by atoms with Crippen LogP contribution in [0.15, 0.2) is 23.1 Å². The molecule has 0 aliphatic heterocycles. The molecule has 0 spiro atoms. The van der Waals surface area contributed by atoms with Crippen molar-refractivity contribution in [2.75, 3.05) is 0 Å². The third-order valence-corrected chi connectivity index (χ3v) is 5.48. The zero-order valence-corrected chi connectivity index (χ0v) is 13.1. The summed E-state index contributed by atoms with van der Waals surface area (Å²) in [6, 6.07) is 0.746. The SMILES string of the molecule is O=C(O)c1ccc(S(=O)(=O)NC2CCCCC2C(F)(F)F)c(F)c1. The van der Waals surface area contributed by atoms with Gasteiger partial charge in [-0.1, -0.05) is 12.8 Å². The lowest BCUT2D eigenvalue weighted by atomic mass is 9.85. The minimum atomic E-state index is -4.56. The summed E-state index contributed by atoms with van der Waals surface area (Å²) in [5.41, 5.74) is -0.461. The van der Waals surface area contributed by atoms with Gasteiger partial charge in [-0.15, -0.1) is 0 Å². The number of rotatable bonds is 4. The maximum atomic E-state index is 13.9. The fourth-order valence-corrected chi connectivity index (χ4v) is 4.15. The number of benzene rings is 1. The monoisotopic (exact) mass is 369 g/mol. The molecule has 10 heteroatoms. The largest absolute Gasteiger partial charge is 0.478 e. The van der Waals surface area contributed by atoms with Gasteiger partial charge >= 0.3 is 12.1 Å². The van der Waals surface area contributed by atoms with Crippen molar-refractivity contribution >= 4 is 16.0 Å². The first-order valence-electron chi connectivity index (χ1n) is 7.14. The summed E-state index contributed by atoms with van der Waals surface area (Å²) in [6.45, 7) is 0. The van der Waals surface area contributed by atoms with E-state index >= 15 is 0 Å². The Balaban J connectivity index is 2.29. The third kappa shape index (κ3) is 4.04. The fourth-order valence-electron chi connectivity index (χ4n) is 2.78. The predicted octanol–water partition coefficient (Wildman–Crippen LogP) is 2.92. The van der Waals surface area contributed by atoms with Gasteiger partial charge in [0.2, 0.25) is 10.0 Å². The molecule has 5 nitrogen and oxygen atoms in total. The molecule has 1 saturated carbocycles. The number of nitrogens with one attached hydrogen (secondary N) is 1. The van der Waals surface area contributed by atoms with Gasteiger partial charge in [0.25, 0.3) is 0 Å². The standard InChI is InChI=1S/C14H15F4NO4S/c15-10-7-8(13(20)21)5-6-12(10)24(22,23)19-11-4-2-1-3-9(11)14(16,17)18/h5-7,9,11,19H,1-4H2,(H,20,21). The van der Waals surface area contributed by atoms with E-state index < -0.39 is 50.4 Å². The molecule has 1 aromatic rings. The molecule has 0 aromatic heterocycles.